The number of fused-ring (bicyclic) bond motifs is 1. The van der Waals surface area contributed by atoms with Crippen molar-refractivity contribution < 1.29 is 18.7 Å². The highest BCUT2D eigenvalue weighted by molar-refractivity contribution is 6.33. The van der Waals surface area contributed by atoms with Crippen LogP contribution in [0.5, 0.6) is 0 Å². The Balaban J connectivity index is 1.81. The Hall–Kier alpha value is -2.99. The molecule has 0 radical (unpaired) electrons. The van der Waals surface area contributed by atoms with Gasteiger partial charge in [-0.3, -0.25) is 9.78 Å². The number of anilines is 1. The van der Waals surface area contributed by atoms with E-state index in [0.29, 0.717) is 16.5 Å². The minimum Gasteiger partial charge on any atom is -0.449 e. The quantitative estimate of drug-likeness (QED) is 0.572. The highest BCUT2D eigenvalue weighted by Crippen LogP contribution is 2.25. The van der Waals surface area contributed by atoms with Gasteiger partial charge in [0, 0.05) is 11.1 Å². The summed E-state index contributed by atoms with van der Waals surface area (Å²) in [6, 6.07) is 12.6. The van der Waals surface area contributed by atoms with Gasteiger partial charge in [0.15, 0.2) is 6.10 Å². The normalized spacial score (nSPS) is 12.1. The first-order chi connectivity index (χ1) is 13.8. The Kier molecular flexibility index (Phi) is 6.13. The minimum absolute atomic E-state index is 0.0542. The maximum Gasteiger partial charge on any atom is 0.339 e. The van der Waals surface area contributed by atoms with Crippen LogP contribution in [-0.4, -0.2) is 23.0 Å². The summed E-state index contributed by atoms with van der Waals surface area (Å²) in [5, 5.41) is 3.24. The number of esters is 1. The maximum atomic E-state index is 13.1. The molecule has 1 amide bonds. The van der Waals surface area contributed by atoms with E-state index in [9.17, 15) is 14.0 Å². The van der Waals surface area contributed by atoms with Crippen LogP contribution in [0.2, 0.25) is 5.02 Å². The lowest BCUT2D eigenvalue weighted by molar-refractivity contribution is -0.123. The summed E-state index contributed by atoms with van der Waals surface area (Å²) >= 11 is 5.92. The van der Waals surface area contributed by atoms with Crippen molar-refractivity contribution in [3.63, 3.8) is 0 Å². The molecule has 7 heteroatoms. The van der Waals surface area contributed by atoms with Crippen molar-refractivity contribution >= 4 is 40.1 Å². The summed E-state index contributed by atoms with van der Waals surface area (Å²) in [4.78, 5) is 29.8. The van der Waals surface area contributed by atoms with Crippen LogP contribution in [0.25, 0.3) is 10.9 Å². The molecule has 0 fully saturated rings. The van der Waals surface area contributed by atoms with Gasteiger partial charge in [0.2, 0.25) is 0 Å². The van der Waals surface area contributed by atoms with Gasteiger partial charge in [0.25, 0.3) is 5.91 Å². The number of aromatic nitrogens is 1. The summed E-state index contributed by atoms with van der Waals surface area (Å²) in [7, 11) is 0. The van der Waals surface area contributed by atoms with Crippen molar-refractivity contribution in [1.82, 2.24) is 4.98 Å². The lowest BCUT2D eigenvalue weighted by atomic mass is 10.0. The maximum absolute atomic E-state index is 13.1. The number of para-hydroxylation sites is 1. The third-order valence-corrected chi connectivity index (χ3v) is 4.70. The van der Waals surface area contributed by atoms with E-state index < -0.39 is 23.8 Å². The van der Waals surface area contributed by atoms with E-state index in [-0.39, 0.29) is 16.6 Å². The van der Waals surface area contributed by atoms with Crippen molar-refractivity contribution in [2.24, 2.45) is 0 Å². The Morgan fingerprint density at radius 2 is 1.83 bits per heavy atom. The molecule has 1 heterocycles. The fourth-order valence-electron chi connectivity index (χ4n) is 2.76. The standard InChI is InChI=1S/C22H20ClFN2O3/c1-12(2)20-11-16(15-6-4-5-7-18(15)25-20)22(28)29-13(3)21(27)26-19-9-8-14(24)10-17(19)23/h4-13H,1-3H3,(H,26,27). The largest absolute Gasteiger partial charge is 0.449 e. The second-order valence-corrected chi connectivity index (χ2v) is 7.33. The van der Waals surface area contributed by atoms with Gasteiger partial charge in [-0.2, -0.15) is 0 Å². The smallest absolute Gasteiger partial charge is 0.339 e. The van der Waals surface area contributed by atoms with Crippen LogP contribution in [0.4, 0.5) is 10.1 Å². The Morgan fingerprint density at radius 1 is 1.10 bits per heavy atom. The third-order valence-electron chi connectivity index (χ3n) is 4.39. The number of carbonyl (C=O) groups excluding carboxylic acids is 2. The van der Waals surface area contributed by atoms with E-state index in [1.807, 2.05) is 32.0 Å². The summed E-state index contributed by atoms with van der Waals surface area (Å²) < 4.78 is 18.5. The summed E-state index contributed by atoms with van der Waals surface area (Å²) in [6.07, 6.45) is -1.09. The number of carbonyl (C=O) groups is 2. The summed E-state index contributed by atoms with van der Waals surface area (Å²) in [5.41, 5.74) is 2.02. The van der Waals surface area contributed by atoms with Crippen LogP contribution in [0.1, 0.15) is 42.7 Å². The molecule has 29 heavy (non-hydrogen) atoms. The van der Waals surface area contributed by atoms with E-state index in [0.717, 1.165) is 11.8 Å². The Bertz CT molecular complexity index is 1080. The SMILES string of the molecule is CC(OC(=O)c1cc(C(C)C)nc2ccccc12)C(=O)Nc1ccc(F)cc1Cl. The number of amides is 1. The molecule has 3 rings (SSSR count). The molecule has 2 aromatic carbocycles. The summed E-state index contributed by atoms with van der Waals surface area (Å²) in [6.45, 7) is 5.42. The molecular formula is C22H20ClFN2O3. The first-order valence-corrected chi connectivity index (χ1v) is 9.50. The predicted molar refractivity (Wildman–Crippen MR) is 111 cm³/mol. The van der Waals surface area contributed by atoms with Crippen LogP contribution in [0, 0.1) is 5.82 Å². The number of nitrogens with zero attached hydrogens (tertiary/aromatic N) is 1. The molecule has 1 aromatic heterocycles. The van der Waals surface area contributed by atoms with Gasteiger partial charge in [-0.15, -0.1) is 0 Å². The van der Waals surface area contributed by atoms with Gasteiger partial charge < -0.3 is 10.1 Å². The van der Waals surface area contributed by atoms with Gasteiger partial charge in [0.1, 0.15) is 5.82 Å². The first-order valence-electron chi connectivity index (χ1n) is 9.13. The Morgan fingerprint density at radius 3 is 2.52 bits per heavy atom. The molecule has 0 aliphatic rings. The van der Waals surface area contributed by atoms with Gasteiger partial charge in [0.05, 0.1) is 21.8 Å². The lowest BCUT2D eigenvalue weighted by Gasteiger charge is -2.16. The molecule has 0 saturated heterocycles. The van der Waals surface area contributed by atoms with E-state index >= 15 is 0 Å². The molecular weight excluding hydrogens is 395 g/mol. The van der Waals surface area contributed by atoms with Crippen molar-refractivity contribution in [2.45, 2.75) is 32.8 Å². The van der Waals surface area contributed by atoms with Crippen LogP contribution in [0.3, 0.4) is 0 Å². The second kappa shape index (κ2) is 8.57. The van der Waals surface area contributed by atoms with Crippen LogP contribution < -0.4 is 5.32 Å². The van der Waals surface area contributed by atoms with Gasteiger partial charge in [-0.1, -0.05) is 43.6 Å². The molecule has 1 unspecified atom stereocenters. The lowest BCUT2D eigenvalue weighted by Crippen LogP contribution is -2.30. The molecule has 1 atom stereocenters. The summed E-state index contributed by atoms with van der Waals surface area (Å²) in [5.74, 6) is -1.60. The van der Waals surface area contributed by atoms with Gasteiger partial charge >= 0.3 is 5.97 Å². The highest BCUT2D eigenvalue weighted by Gasteiger charge is 2.22. The zero-order valence-corrected chi connectivity index (χ0v) is 17.0. The van der Waals surface area contributed by atoms with Crippen LogP contribution in [0.15, 0.2) is 48.5 Å². The molecule has 150 valence electrons. The first kappa shape index (κ1) is 20.7. The number of pyridine rings is 1. The number of nitrogens with one attached hydrogen (secondary N) is 1. The topological polar surface area (TPSA) is 68.3 Å². The fraction of sp³-hybridized carbons (Fsp3) is 0.227. The van der Waals surface area contributed by atoms with Crippen LogP contribution >= 0.6 is 11.6 Å². The molecule has 3 aromatic rings. The predicted octanol–water partition coefficient (Wildman–Crippen LogP) is 5.33. The van der Waals surface area contributed by atoms with E-state index in [1.165, 1.54) is 19.1 Å². The molecule has 0 aliphatic heterocycles. The Labute approximate surface area is 172 Å². The number of ether oxygens (including phenoxy) is 1. The molecule has 1 N–H and O–H groups in total. The fourth-order valence-corrected chi connectivity index (χ4v) is 2.98. The molecule has 5 nitrogen and oxygen atoms in total. The van der Waals surface area contributed by atoms with Crippen LogP contribution in [-0.2, 0) is 9.53 Å². The zero-order chi connectivity index (χ0) is 21.1. The van der Waals surface area contributed by atoms with Crippen molar-refractivity contribution in [2.75, 3.05) is 5.32 Å². The molecule has 0 saturated carbocycles. The van der Waals surface area contributed by atoms with E-state index in [4.69, 9.17) is 16.3 Å². The van der Waals surface area contributed by atoms with Gasteiger partial charge in [-0.05, 0) is 43.2 Å². The number of rotatable bonds is 5. The zero-order valence-electron chi connectivity index (χ0n) is 16.2. The van der Waals surface area contributed by atoms with Crippen molar-refractivity contribution in [3.8, 4) is 0 Å². The average Bonchev–Trinajstić information content (AvgIpc) is 2.68. The second-order valence-electron chi connectivity index (χ2n) is 6.93. The monoisotopic (exact) mass is 414 g/mol. The molecule has 0 spiro atoms. The van der Waals surface area contributed by atoms with E-state index in [1.54, 1.807) is 12.1 Å². The molecule has 0 bridgehead atoms. The number of hydrogen-bond acceptors (Lipinski definition) is 4. The van der Waals surface area contributed by atoms with Crippen molar-refractivity contribution in [3.05, 3.63) is 70.6 Å². The van der Waals surface area contributed by atoms with Gasteiger partial charge in [-0.25, -0.2) is 9.18 Å². The van der Waals surface area contributed by atoms with E-state index in [2.05, 4.69) is 10.3 Å². The average molecular weight is 415 g/mol. The number of halogens is 2. The highest BCUT2D eigenvalue weighted by atomic mass is 35.5. The molecule has 0 aliphatic carbocycles. The minimum atomic E-state index is -1.09. The third kappa shape index (κ3) is 4.71. The van der Waals surface area contributed by atoms with Crippen molar-refractivity contribution in [1.29, 1.82) is 0 Å². The number of hydrogen-bond donors (Lipinski definition) is 1. The number of benzene rings is 2.